The summed E-state index contributed by atoms with van der Waals surface area (Å²) in [5.74, 6) is -0.543. The van der Waals surface area contributed by atoms with Gasteiger partial charge in [-0.1, -0.05) is 18.2 Å². The Labute approximate surface area is 117 Å². The highest BCUT2D eigenvalue weighted by molar-refractivity contribution is 6.05. The number of nitrogens with one attached hydrogen (secondary N) is 2. The first-order valence-electron chi connectivity index (χ1n) is 6.38. The Bertz CT molecular complexity index is 556. The lowest BCUT2D eigenvalue weighted by atomic mass is 10.1. The van der Waals surface area contributed by atoms with E-state index < -0.39 is 6.04 Å². The van der Waals surface area contributed by atoms with Crippen molar-refractivity contribution < 1.29 is 14.4 Å². The van der Waals surface area contributed by atoms with Crippen LogP contribution in [0.25, 0.3) is 0 Å². The number of para-hydroxylation sites is 1. The van der Waals surface area contributed by atoms with Crippen molar-refractivity contribution >= 4 is 23.4 Å². The van der Waals surface area contributed by atoms with Crippen LogP contribution in [0.5, 0.6) is 0 Å². The zero-order valence-corrected chi connectivity index (χ0v) is 11.5. The Morgan fingerprint density at radius 3 is 2.65 bits per heavy atom. The molecule has 0 spiro atoms. The molecule has 1 heterocycles. The Morgan fingerprint density at radius 2 is 2.05 bits per heavy atom. The normalized spacial score (nSPS) is 18.5. The fourth-order valence-electron chi connectivity index (χ4n) is 2.13. The number of carbonyl (C=O) groups excluding carboxylic acids is 3. The molecular weight excluding hydrogens is 258 g/mol. The van der Waals surface area contributed by atoms with Crippen molar-refractivity contribution in [1.29, 1.82) is 0 Å². The molecule has 1 saturated heterocycles. The number of rotatable bonds is 4. The molecular formula is C14H17N3O3. The van der Waals surface area contributed by atoms with Crippen molar-refractivity contribution in [2.45, 2.75) is 25.9 Å². The molecule has 6 nitrogen and oxygen atoms in total. The molecule has 0 bridgehead atoms. The maximum absolute atomic E-state index is 11.8. The summed E-state index contributed by atoms with van der Waals surface area (Å²) in [6.07, 6.45) is 0.178. The monoisotopic (exact) mass is 275 g/mol. The van der Waals surface area contributed by atoms with Crippen molar-refractivity contribution in [3.63, 3.8) is 0 Å². The van der Waals surface area contributed by atoms with E-state index in [1.165, 1.54) is 14.0 Å². The van der Waals surface area contributed by atoms with Crippen LogP contribution < -0.4 is 10.6 Å². The second-order valence-electron chi connectivity index (χ2n) is 4.77. The van der Waals surface area contributed by atoms with Gasteiger partial charge < -0.3 is 10.6 Å². The summed E-state index contributed by atoms with van der Waals surface area (Å²) in [6.45, 7) is 1.85. The molecule has 1 aliphatic rings. The lowest BCUT2D eigenvalue weighted by molar-refractivity contribution is -0.137. The van der Waals surface area contributed by atoms with Gasteiger partial charge in [-0.15, -0.1) is 0 Å². The van der Waals surface area contributed by atoms with Gasteiger partial charge in [-0.05, 0) is 11.6 Å². The van der Waals surface area contributed by atoms with Gasteiger partial charge >= 0.3 is 0 Å². The van der Waals surface area contributed by atoms with Gasteiger partial charge in [0.2, 0.25) is 17.7 Å². The zero-order chi connectivity index (χ0) is 14.7. The summed E-state index contributed by atoms with van der Waals surface area (Å²) in [4.78, 5) is 35.5. The van der Waals surface area contributed by atoms with E-state index in [0.29, 0.717) is 12.2 Å². The van der Waals surface area contributed by atoms with Crippen molar-refractivity contribution in [3.05, 3.63) is 29.8 Å². The maximum Gasteiger partial charge on any atom is 0.246 e. The fourth-order valence-corrected chi connectivity index (χ4v) is 2.13. The van der Waals surface area contributed by atoms with Gasteiger partial charge in [-0.25, -0.2) is 0 Å². The highest BCUT2D eigenvalue weighted by Crippen LogP contribution is 2.16. The average Bonchev–Trinajstić information content (AvgIpc) is 2.65. The third-order valence-corrected chi connectivity index (χ3v) is 3.25. The summed E-state index contributed by atoms with van der Waals surface area (Å²) in [7, 11) is 1.48. The lowest BCUT2D eigenvalue weighted by Crippen LogP contribution is -2.36. The number of amides is 3. The van der Waals surface area contributed by atoms with Crippen molar-refractivity contribution in [2.24, 2.45) is 0 Å². The van der Waals surface area contributed by atoms with Gasteiger partial charge in [0, 0.05) is 26.2 Å². The molecule has 0 saturated carbocycles. The average molecular weight is 275 g/mol. The van der Waals surface area contributed by atoms with E-state index in [2.05, 4.69) is 10.6 Å². The first-order valence-corrected chi connectivity index (χ1v) is 6.38. The summed E-state index contributed by atoms with van der Waals surface area (Å²) < 4.78 is 0. The standard InChI is InChI=1S/C14H17N3O3/c1-9(18)16-11-6-4-3-5-10(11)8-15-12-7-13(19)17(2)14(12)20/h3-6,12,15H,7-8H2,1-2H3,(H,16,18). The number of anilines is 1. The van der Waals surface area contributed by atoms with E-state index in [4.69, 9.17) is 0 Å². The number of hydrogen-bond donors (Lipinski definition) is 2. The number of likely N-dealkylation sites (N-methyl/N-ethyl adjacent to an activating group) is 1. The molecule has 2 N–H and O–H groups in total. The van der Waals surface area contributed by atoms with Gasteiger partial charge in [0.05, 0.1) is 12.5 Å². The lowest BCUT2D eigenvalue weighted by Gasteiger charge is -2.14. The van der Waals surface area contributed by atoms with E-state index in [1.807, 2.05) is 18.2 Å². The Morgan fingerprint density at radius 1 is 1.35 bits per heavy atom. The molecule has 3 amide bonds. The first kappa shape index (κ1) is 14.2. The first-order chi connectivity index (χ1) is 9.49. The zero-order valence-electron chi connectivity index (χ0n) is 11.5. The molecule has 1 aromatic carbocycles. The van der Waals surface area contributed by atoms with Crippen LogP contribution in [0.4, 0.5) is 5.69 Å². The van der Waals surface area contributed by atoms with E-state index >= 15 is 0 Å². The van der Waals surface area contributed by atoms with Crippen LogP contribution in [0.3, 0.4) is 0 Å². The van der Waals surface area contributed by atoms with Crippen LogP contribution in [-0.4, -0.2) is 35.7 Å². The van der Waals surface area contributed by atoms with E-state index in [-0.39, 0.29) is 24.1 Å². The van der Waals surface area contributed by atoms with Crippen LogP contribution in [0.15, 0.2) is 24.3 Å². The summed E-state index contributed by atoms with van der Waals surface area (Å²) >= 11 is 0. The number of imide groups is 1. The van der Waals surface area contributed by atoms with Gasteiger partial charge in [-0.2, -0.15) is 0 Å². The van der Waals surface area contributed by atoms with Crippen LogP contribution >= 0.6 is 0 Å². The number of carbonyl (C=O) groups is 3. The predicted octanol–water partition coefficient (Wildman–Crippen LogP) is 0.492. The SMILES string of the molecule is CC(=O)Nc1ccccc1CNC1CC(=O)N(C)C1=O. The second kappa shape index (κ2) is 5.83. The van der Waals surface area contributed by atoms with Gasteiger partial charge in [0.1, 0.15) is 0 Å². The molecule has 0 radical (unpaired) electrons. The van der Waals surface area contributed by atoms with Gasteiger partial charge in [0.15, 0.2) is 0 Å². The molecule has 1 aromatic rings. The Balaban J connectivity index is 2.03. The van der Waals surface area contributed by atoms with Gasteiger partial charge in [0.25, 0.3) is 0 Å². The highest BCUT2D eigenvalue weighted by Gasteiger charge is 2.35. The predicted molar refractivity (Wildman–Crippen MR) is 73.8 cm³/mol. The van der Waals surface area contributed by atoms with Crippen molar-refractivity contribution in [2.75, 3.05) is 12.4 Å². The minimum atomic E-state index is -0.488. The molecule has 20 heavy (non-hydrogen) atoms. The fraction of sp³-hybridized carbons (Fsp3) is 0.357. The highest BCUT2D eigenvalue weighted by atomic mass is 16.2. The summed E-state index contributed by atoms with van der Waals surface area (Å²) in [5.41, 5.74) is 1.58. The Hall–Kier alpha value is -2.21. The summed E-state index contributed by atoms with van der Waals surface area (Å²) in [5, 5.41) is 5.80. The van der Waals surface area contributed by atoms with Crippen LogP contribution in [0.1, 0.15) is 18.9 Å². The quantitative estimate of drug-likeness (QED) is 0.784. The maximum atomic E-state index is 11.8. The third kappa shape index (κ3) is 3.03. The molecule has 2 rings (SSSR count). The van der Waals surface area contributed by atoms with Crippen LogP contribution in [-0.2, 0) is 20.9 Å². The van der Waals surface area contributed by atoms with Gasteiger partial charge in [-0.3, -0.25) is 19.3 Å². The number of nitrogens with zero attached hydrogens (tertiary/aromatic N) is 1. The molecule has 1 aliphatic heterocycles. The molecule has 1 atom stereocenters. The molecule has 0 aromatic heterocycles. The second-order valence-corrected chi connectivity index (χ2v) is 4.77. The van der Waals surface area contributed by atoms with E-state index in [9.17, 15) is 14.4 Å². The minimum absolute atomic E-state index is 0.149. The van der Waals surface area contributed by atoms with E-state index in [1.54, 1.807) is 6.07 Å². The minimum Gasteiger partial charge on any atom is -0.326 e. The smallest absolute Gasteiger partial charge is 0.246 e. The largest absolute Gasteiger partial charge is 0.326 e. The molecule has 1 unspecified atom stereocenters. The molecule has 0 aliphatic carbocycles. The van der Waals surface area contributed by atoms with E-state index in [0.717, 1.165) is 10.5 Å². The van der Waals surface area contributed by atoms with Crippen LogP contribution in [0.2, 0.25) is 0 Å². The van der Waals surface area contributed by atoms with Crippen molar-refractivity contribution in [1.82, 2.24) is 10.2 Å². The number of hydrogen-bond acceptors (Lipinski definition) is 4. The van der Waals surface area contributed by atoms with Crippen molar-refractivity contribution in [3.8, 4) is 0 Å². The topological polar surface area (TPSA) is 78.5 Å². The summed E-state index contributed by atoms with van der Waals surface area (Å²) in [6, 6.07) is 6.86. The number of likely N-dealkylation sites (tertiary alicyclic amines) is 1. The number of benzene rings is 1. The molecule has 6 heteroatoms. The Kier molecular flexibility index (Phi) is 4.14. The van der Waals surface area contributed by atoms with Crippen LogP contribution in [0, 0.1) is 0 Å². The third-order valence-electron chi connectivity index (χ3n) is 3.25. The molecule has 106 valence electrons. The molecule has 1 fully saturated rings.